The van der Waals surface area contributed by atoms with Crippen molar-refractivity contribution in [1.29, 1.82) is 0 Å². The van der Waals surface area contributed by atoms with Crippen LogP contribution in [0.2, 0.25) is 0 Å². The van der Waals surface area contributed by atoms with E-state index in [1.165, 1.54) is 0 Å². The molecule has 0 unspecified atom stereocenters. The Labute approximate surface area is 209 Å². The van der Waals surface area contributed by atoms with E-state index in [4.69, 9.17) is 14.2 Å². The Bertz CT molecular complexity index is 1180. The van der Waals surface area contributed by atoms with Gasteiger partial charge in [-0.25, -0.2) is 0 Å². The summed E-state index contributed by atoms with van der Waals surface area (Å²) in [7, 11) is 0. The lowest BCUT2D eigenvalue weighted by molar-refractivity contribution is -0.129. The van der Waals surface area contributed by atoms with Crippen LogP contribution in [-0.4, -0.2) is 44.1 Å². The second-order valence-electron chi connectivity index (χ2n) is 7.46. The second kappa shape index (κ2) is 13.4. The first kappa shape index (κ1) is 26.1. The number of hydrogen-bond donors (Lipinski definition) is 3. The van der Waals surface area contributed by atoms with E-state index in [0.29, 0.717) is 36.0 Å². The molecular weight excluding hydrogens is 462 g/mol. The third kappa shape index (κ3) is 7.49. The van der Waals surface area contributed by atoms with Gasteiger partial charge < -0.3 is 19.5 Å². The first-order valence-electron chi connectivity index (χ1n) is 11.5. The Balaban J connectivity index is 1.45. The van der Waals surface area contributed by atoms with Crippen molar-refractivity contribution in [2.24, 2.45) is 0 Å². The molecule has 0 aliphatic rings. The van der Waals surface area contributed by atoms with Gasteiger partial charge in [0.05, 0.1) is 19.8 Å². The molecule has 0 aliphatic heterocycles. The van der Waals surface area contributed by atoms with Gasteiger partial charge in [0.15, 0.2) is 18.1 Å². The van der Waals surface area contributed by atoms with E-state index in [1.54, 1.807) is 24.3 Å². The van der Waals surface area contributed by atoms with E-state index in [2.05, 4.69) is 16.2 Å². The Morgan fingerprint density at radius 2 is 1.36 bits per heavy atom. The predicted octanol–water partition coefficient (Wildman–Crippen LogP) is 3.11. The van der Waals surface area contributed by atoms with Crippen molar-refractivity contribution in [3.8, 4) is 28.4 Å². The van der Waals surface area contributed by atoms with Crippen LogP contribution in [0.15, 0.2) is 72.8 Å². The molecule has 3 N–H and O–H groups in total. The Kier molecular flexibility index (Phi) is 9.69. The van der Waals surface area contributed by atoms with Crippen LogP contribution in [0.1, 0.15) is 24.2 Å². The van der Waals surface area contributed by atoms with E-state index < -0.39 is 17.7 Å². The molecule has 0 bridgehead atoms. The van der Waals surface area contributed by atoms with Crippen molar-refractivity contribution >= 4 is 17.7 Å². The number of carbonyl (C=O) groups excluding carboxylic acids is 3. The largest absolute Gasteiger partial charge is 0.490 e. The van der Waals surface area contributed by atoms with Gasteiger partial charge in [0.1, 0.15) is 5.75 Å². The standard InChI is InChI=1S/C27H29N3O6/c1-3-34-23-15-14-20(16-24(23)35-4-2)27(33)28-17-25(31)29-30-26(32)18-36-22-13-9-8-12-21(22)19-10-6-5-7-11-19/h5-16H,3-4,17-18H2,1-2H3,(H,28,33)(H,29,31)(H,30,32). The fourth-order valence-electron chi connectivity index (χ4n) is 3.27. The van der Waals surface area contributed by atoms with Crippen LogP contribution in [0, 0.1) is 0 Å². The average molecular weight is 492 g/mol. The topological polar surface area (TPSA) is 115 Å². The summed E-state index contributed by atoms with van der Waals surface area (Å²) in [5, 5.41) is 2.50. The van der Waals surface area contributed by atoms with Crippen molar-refractivity contribution in [3.63, 3.8) is 0 Å². The van der Waals surface area contributed by atoms with Crippen molar-refractivity contribution in [1.82, 2.24) is 16.2 Å². The van der Waals surface area contributed by atoms with E-state index in [9.17, 15) is 14.4 Å². The van der Waals surface area contributed by atoms with Crippen LogP contribution in [-0.2, 0) is 9.59 Å². The molecule has 188 valence electrons. The summed E-state index contributed by atoms with van der Waals surface area (Å²) >= 11 is 0. The Morgan fingerprint density at radius 1 is 0.694 bits per heavy atom. The normalized spacial score (nSPS) is 10.2. The number of benzene rings is 3. The summed E-state index contributed by atoms with van der Waals surface area (Å²) in [5.74, 6) is -0.106. The quantitative estimate of drug-likeness (QED) is 0.355. The van der Waals surface area contributed by atoms with Gasteiger partial charge in [0, 0.05) is 11.1 Å². The molecule has 0 aromatic heterocycles. The fourth-order valence-corrected chi connectivity index (χ4v) is 3.27. The zero-order valence-corrected chi connectivity index (χ0v) is 20.2. The van der Waals surface area contributed by atoms with Crippen LogP contribution < -0.4 is 30.4 Å². The molecule has 0 aliphatic carbocycles. The lowest BCUT2D eigenvalue weighted by Gasteiger charge is -2.13. The van der Waals surface area contributed by atoms with Crippen molar-refractivity contribution < 1.29 is 28.6 Å². The average Bonchev–Trinajstić information content (AvgIpc) is 2.91. The van der Waals surface area contributed by atoms with Gasteiger partial charge in [0.2, 0.25) is 0 Å². The van der Waals surface area contributed by atoms with Gasteiger partial charge in [-0.1, -0.05) is 48.5 Å². The summed E-state index contributed by atoms with van der Waals surface area (Å²) in [6, 6.07) is 21.8. The molecule has 3 aromatic rings. The van der Waals surface area contributed by atoms with E-state index in [-0.39, 0.29) is 13.2 Å². The minimum atomic E-state index is -0.600. The van der Waals surface area contributed by atoms with Crippen molar-refractivity contribution in [2.75, 3.05) is 26.4 Å². The summed E-state index contributed by atoms with van der Waals surface area (Å²) in [5.41, 5.74) is 6.64. The van der Waals surface area contributed by atoms with Crippen LogP contribution in [0.5, 0.6) is 17.2 Å². The highest BCUT2D eigenvalue weighted by molar-refractivity contribution is 5.97. The van der Waals surface area contributed by atoms with E-state index in [0.717, 1.165) is 11.1 Å². The van der Waals surface area contributed by atoms with Gasteiger partial charge >= 0.3 is 0 Å². The number of nitrogens with one attached hydrogen (secondary N) is 3. The molecule has 0 spiro atoms. The van der Waals surface area contributed by atoms with Crippen molar-refractivity contribution in [3.05, 3.63) is 78.4 Å². The van der Waals surface area contributed by atoms with Gasteiger partial charge in [0.25, 0.3) is 17.7 Å². The molecule has 9 nitrogen and oxygen atoms in total. The molecule has 3 rings (SSSR count). The lowest BCUT2D eigenvalue weighted by atomic mass is 10.1. The van der Waals surface area contributed by atoms with Crippen LogP contribution in [0.3, 0.4) is 0 Å². The molecule has 36 heavy (non-hydrogen) atoms. The minimum absolute atomic E-state index is 0.303. The third-order valence-corrected chi connectivity index (χ3v) is 4.89. The number of carbonyl (C=O) groups is 3. The lowest BCUT2D eigenvalue weighted by Crippen LogP contribution is -2.47. The number of hydrazine groups is 1. The molecule has 0 heterocycles. The molecule has 0 radical (unpaired) electrons. The molecule has 0 saturated heterocycles. The summed E-state index contributed by atoms with van der Waals surface area (Å²) in [4.78, 5) is 36.7. The number of para-hydroxylation sites is 1. The molecule has 3 aromatic carbocycles. The maximum atomic E-state index is 12.4. The number of amides is 3. The predicted molar refractivity (Wildman–Crippen MR) is 135 cm³/mol. The first-order valence-corrected chi connectivity index (χ1v) is 11.5. The highest BCUT2D eigenvalue weighted by Crippen LogP contribution is 2.30. The van der Waals surface area contributed by atoms with Crippen molar-refractivity contribution in [2.45, 2.75) is 13.8 Å². The van der Waals surface area contributed by atoms with Gasteiger partial charge in [-0.3, -0.25) is 25.2 Å². The summed E-state index contributed by atoms with van der Waals surface area (Å²) < 4.78 is 16.6. The fraction of sp³-hybridized carbons (Fsp3) is 0.222. The zero-order chi connectivity index (χ0) is 25.8. The SMILES string of the molecule is CCOc1ccc(C(=O)NCC(=O)NNC(=O)COc2ccccc2-c2ccccc2)cc1OCC. The first-order chi connectivity index (χ1) is 17.5. The second-order valence-corrected chi connectivity index (χ2v) is 7.46. The van der Waals surface area contributed by atoms with Gasteiger partial charge in [-0.2, -0.15) is 0 Å². The number of ether oxygens (including phenoxy) is 3. The number of rotatable bonds is 11. The van der Waals surface area contributed by atoms with Crippen LogP contribution in [0.4, 0.5) is 0 Å². The van der Waals surface area contributed by atoms with E-state index >= 15 is 0 Å². The molecule has 0 atom stereocenters. The highest BCUT2D eigenvalue weighted by Gasteiger charge is 2.13. The van der Waals surface area contributed by atoms with Gasteiger partial charge in [-0.15, -0.1) is 0 Å². The highest BCUT2D eigenvalue weighted by atomic mass is 16.5. The Morgan fingerprint density at radius 3 is 2.11 bits per heavy atom. The number of hydrogen-bond acceptors (Lipinski definition) is 6. The smallest absolute Gasteiger partial charge is 0.276 e. The molecule has 0 saturated carbocycles. The van der Waals surface area contributed by atoms with Crippen LogP contribution >= 0.6 is 0 Å². The minimum Gasteiger partial charge on any atom is -0.490 e. The van der Waals surface area contributed by atoms with E-state index in [1.807, 2.05) is 62.4 Å². The van der Waals surface area contributed by atoms with Gasteiger partial charge in [-0.05, 0) is 43.7 Å². The molecule has 3 amide bonds. The van der Waals surface area contributed by atoms with Crippen LogP contribution in [0.25, 0.3) is 11.1 Å². The Hall–Kier alpha value is -4.53. The maximum absolute atomic E-state index is 12.4. The molecule has 9 heteroatoms. The maximum Gasteiger partial charge on any atom is 0.276 e. The molecule has 0 fully saturated rings. The monoisotopic (exact) mass is 491 g/mol. The zero-order valence-electron chi connectivity index (χ0n) is 20.2. The third-order valence-electron chi connectivity index (χ3n) is 4.89. The molecular formula is C27H29N3O6. The summed E-state index contributed by atoms with van der Waals surface area (Å²) in [6.45, 7) is 3.91. The summed E-state index contributed by atoms with van der Waals surface area (Å²) in [6.07, 6.45) is 0.